The lowest BCUT2D eigenvalue weighted by molar-refractivity contribution is -0.121. The number of rotatable bonds is 6. The Balaban J connectivity index is 2.07. The first-order valence-corrected chi connectivity index (χ1v) is 6.63. The van der Waals surface area contributed by atoms with E-state index >= 15 is 0 Å². The van der Waals surface area contributed by atoms with Crippen LogP contribution in [0.5, 0.6) is 0 Å². The number of methoxy groups -OCH3 is 1. The van der Waals surface area contributed by atoms with Crippen molar-refractivity contribution in [2.24, 2.45) is 0 Å². The van der Waals surface area contributed by atoms with E-state index in [1.54, 1.807) is 13.3 Å². The van der Waals surface area contributed by atoms with Gasteiger partial charge in [0.25, 0.3) is 0 Å². The molecular formula is C15H18N2O4. The first kappa shape index (κ1) is 15.1. The zero-order valence-corrected chi connectivity index (χ0v) is 12.1. The van der Waals surface area contributed by atoms with E-state index in [-0.39, 0.29) is 12.5 Å². The Morgan fingerprint density at radius 1 is 1.33 bits per heavy atom. The van der Waals surface area contributed by atoms with E-state index in [1.807, 2.05) is 31.2 Å². The van der Waals surface area contributed by atoms with Gasteiger partial charge in [0, 0.05) is 19.2 Å². The zero-order chi connectivity index (χ0) is 15.2. The van der Waals surface area contributed by atoms with Gasteiger partial charge in [0.2, 0.25) is 5.91 Å². The van der Waals surface area contributed by atoms with Gasteiger partial charge in [0.05, 0.1) is 12.8 Å². The summed E-state index contributed by atoms with van der Waals surface area (Å²) in [6, 6.07) is 7.61. The van der Waals surface area contributed by atoms with Crippen LogP contribution in [0.4, 0.5) is 0 Å². The number of amides is 1. The minimum absolute atomic E-state index is 0.0715. The van der Waals surface area contributed by atoms with Crippen molar-refractivity contribution in [3.63, 3.8) is 0 Å². The molecule has 1 N–H and O–H groups in total. The molecule has 1 heterocycles. The molecule has 2 rings (SSSR count). The molecule has 112 valence electrons. The predicted octanol–water partition coefficient (Wildman–Crippen LogP) is 1.18. The summed E-state index contributed by atoms with van der Waals surface area (Å²) in [5.74, 6) is -0.359. The number of aryl methyl sites for hydroxylation is 1. The minimum atomic E-state index is -0.549. The number of carbonyl (C=O) groups is 1. The third-order valence-electron chi connectivity index (χ3n) is 2.98. The SMILES string of the molecule is COCCNC(=O)Cn1cc(-c2ccc(C)cc2)oc1=O. The quantitative estimate of drug-likeness (QED) is 0.811. The van der Waals surface area contributed by atoms with Gasteiger partial charge < -0.3 is 14.5 Å². The number of hydrogen-bond donors (Lipinski definition) is 1. The van der Waals surface area contributed by atoms with E-state index in [9.17, 15) is 9.59 Å². The molecule has 6 nitrogen and oxygen atoms in total. The third kappa shape index (κ3) is 4.06. The lowest BCUT2D eigenvalue weighted by atomic mass is 10.1. The number of hydrogen-bond acceptors (Lipinski definition) is 4. The van der Waals surface area contributed by atoms with Crippen LogP contribution in [0.2, 0.25) is 0 Å². The molecule has 6 heteroatoms. The molecule has 1 aromatic carbocycles. The number of nitrogens with zero attached hydrogens (tertiary/aromatic N) is 1. The fourth-order valence-corrected chi connectivity index (χ4v) is 1.84. The van der Waals surface area contributed by atoms with Crippen LogP contribution in [0.3, 0.4) is 0 Å². The van der Waals surface area contributed by atoms with Crippen molar-refractivity contribution in [1.29, 1.82) is 0 Å². The maximum Gasteiger partial charge on any atom is 0.419 e. The molecular weight excluding hydrogens is 272 g/mol. The van der Waals surface area contributed by atoms with Gasteiger partial charge in [-0.25, -0.2) is 4.79 Å². The number of nitrogens with one attached hydrogen (secondary N) is 1. The molecule has 0 unspecified atom stereocenters. The highest BCUT2D eigenvalue weighted by atomic mass is 16.5. The number of carbonyl (C=O) groups excluding carboxylic acids is 1. The molecule has 1 aromatic heterocycles. The van der Waals surface area contributed by atoms with Gasteiger partial charge in [0.1, 0.15) is 6.54 Å². The van der Waals surface area contributed by atoms with Crippen molar-refractivity contribution in [3.05, 3.63) is 46.6 Å². The summed E-state index contributed by atoms with van der Waals surface area (Å²) in [5, 5.41) is 2.65. The van der Waals surface area contributed by atoms with Crippen LogP contribution in [0, 0.1) is 6.92 Å². The third-order valence-corrected chi connectivity index (χ3v) is 2.98. The Hall–Kier alpha value is -2.34. The van der Waals surface area contributed by atoms with Crippen LogP contribution in [-0.2, 0) is 16.1 Å². The van der Waals surface area contributed by atoms with Crippen molar-refractivity contribution in [1.82, 2.24) is 9.88 Å². The van der Waals surface area contributed by atoms with E-state index in [0.29, 0.717) is 18.9 Å². The van der Waals surface area contributed by atoms with Crippen LogP contribution in [0.15, 0.2) is 39.7 Å². The van der Waals surface area contributed by atoms with Crippen molar-refractivity contribution < 1.29 is 13.9 Å². The molecule has 21 heavy (non-hydrogen) atoms. The van der Waals surface area contributed by atoms with Gasteiger partial charge in [-0.2, -0.15) is 0 Å². The van der Waals surface area contributed by atoms with Crippen molar-refractivity contribution >= 4 is 5.91 Å². The Bertz CT molecular complexity index is 655. The normalized spacial score (nSPS) is 10.6. The van der Waals surface area contributed by atoms with Gasteiger partial charge in [-0.3, -0.25) is 9.36 Å². The first-order valence-electron chi connectivity index (χ1n) is 6.63. The number of oxazole rings is 1. The van der Waals surface area contributed by atoms with Crippen LogP contribution in [0.1, 0.15) is 5.56 Å². The molecule has 0 bridgehead atoms. The second-order valence-electron chi connectivity index (χ2n) is 4.70. The molecule has 0 aliphatic rings. The Labute approximate surface area is 122 Å². The van der Waals surface area contributed by atoms with Crippen LogP contribution in [-0.4, -0.2) is 30.7 Å². The second-order valence-corrected chi connectivity index (χ2v) is 4.70. The van der Waals surface area contributed by atoms with Crippen LogP contribution in [0.25, 0.3) is 11.3 Å². The topological polar surface area (TPSA) is 73.5 Å². The summed E-state index contributed by atoms with van der Waals surface area (Å²) in [7, 11) is 1.56. The van der Waals surface area contributed by atoms with Crippen LogP contribution < -0.4 is 11.1 Å². The number of ether oxygens (including phenoxy) is 1. The molecule has 0 radical (unpaired) electrons. The molecule has 0 saturated heterocycles. The average molecular weight is 290 g/mol. The van der Waals surface area contributed by atoms with Gasteiger partial charge in [0.15, 0.2) is 5.76 Å². The van der Waals surface area contributed by atoms with Gasteiger partial charge in [-0.15, -0.1) is 0 Å². The Morgan fingerprint density at radius 3 is 2.71 bits per heavy atom. The Morgan fingerprint density at radius 2 is 2.05 bits per heavy atom. The van der Waals surface area contributed by atoms with Crippen molar-refractivity contribution in [2.75, 3.05) is 20.3 Å². The average Bonchev–Trinajstić information content (AvgIpc) is 2.81. The molecule has 2 aromatic rings. The molecule has 0 atom stereocenters. The number of aromatic nitrogens is 1. The molecule has 1 amide bonds. The van der Waals surface area contributed by atoms with E-state index in [4.69, 9.17) is 9.15 Å². The minimum Gasteiger partial charge on any atom is -0.408 e. The molecule has 0 aliphatic heterocycles. The monoisotopic (exact) mass is 290 g/mol. The highest BCUT2D eigenvalue weighted by Gasteiger charge is 2.11. The maximum absolute atomic E-state index is 11.7. The van der Waals surface area contributed by atoms with Crippen LogP contribution >= 0.6 is 0 Å². The van der Waals surface area contributed by atoms with E-state index in [0.717, 1.165) is 11.1 Å². The lowest BCUT2D eigenvalue weighted by Gasteiger charge is -2.03. The molecule has 0 aliphatic carbocycles. The summed E-state index contributed by atoms with van der Waals surface area (Å²) in [4.78, 5) is 23.4. The van der Waals surface area contributed by atoms with E-state index in [1.165, 1.54) is 4.57 Å². The van der Waals surface area contributed by atoms with E-state index < -0.39 is 5.76 Å². The number of benzene rings is 1. The smallest absolute Gasteiger partial charge is 0.408 e. The summed E-state index contributed by atoms with van der Waals surface area (Å²) in [6.07, 6.45) is 1.54. The molecule has 0 saturated carbocycles. The fourth-order valence-electron chi connectivity index (χ4n) is 1.84. The van der Waals surface area contributed by atoms with E-state index in [2.05, 4.69) is 5.32 Å². The first-order chi connectivity index (χ1) is 10.1. The lowest BCUT2D eigenvalue weighted by Crippen LogP contribution is -2.32. The second kappa shape index (κ2) is 6.90. The van der Waals surface area contributed by atoms with Crippen molar-refractivity contribution in [3.8, 4) is 11.3 Å². The highest BCUT2D eigenvalue weighted by molar-refractivity contribution is 5.75. The summed E-state index contributed by atoms with van der Waals surface area (Å²) in [6.45, 7) is 2.75. The van der Waals surface area contributed by atoms with Gasteiger partial charge in [-0.1, -0.05) is 29.8 Å². The molecule has 0 spiro atoms. The Kier molecular flexibility index (Phi) is 4.94. The highest BCUT2D eigenvalue weighted by Crippen LogP contribution is 2.18. The largest absolute Gasteiger partial charge is 0.419 e. The fraction of sp³-hybridized carbons (Fsp3) is 0.333. The predicted molar refractivity (Wildman–Crippen MR) is 78.0 cm³/mol. The molecule has 0 fully saturated rings. The maximum atomic E-state index is 11.7. The summed E-state index contributed by atoms with van der Waals surface area (Å²) >= 11 is 0. The summed E-state index contributed by atoms with van der Waals surface area (Å²) < 4.78 is 11.3. The van der Waals surface area contributed by atoms with Gasteiger partial charge >= 0.3 is 5.76 Å². The van der Waals surface area contributed by atoms with Gasteiger partial charge in [-0.05, 0) is 6.92 Å². The standard InChI is InChI=1S/C15H18N2O4/c1-11-3-5-12(6-4-11)13-9-17(15(19)21-13)10-14(18)16-7-8-20-2/h3-6,9H,7-8,10H2,1-2H3,(H,16,18). The van der Waals surface area contributed by atoms with Crippen molar-refractivity contribution in [2.45, 2.75) is 13.5 Å². The summed E-state index contributed by atoms with van der Waals surface area (Å²) in [5.41, 5.74) is 1.93. The zero-order valence-electron chi connectivity index (χ0n) is 12.1.